The largest absolute Gasteiger partial charge is 0.444 e. The summed E-state index contributed by atoms with van der Waals surface area (Å²) in [5.74, 6) is 0.738. The zero-order chi connectivity index (χ0) is 26.9. The minimum atomic E-state index is -0.487. The number of rotatable bonds is 8. The molecule has 5 rings (SSSR count). The molecule has 9 heteroatoms. The number of alkyl carbamates (subject to hydrolysis) is 1. The number of hydrogen-bond acceptors (Lipinski definition) is 8. The summed E-state index contributed by atoms with van der Waals surface area (Å²) < 4.78 is 5.32. The summed E-state index contributed by atoms with van der Waals surface area (Å²) >= 11 is 0. The maximum absolute atomic E-state index is 11.9. The average Bonchev–Trinajstić information content (AvgIpc) is 3.69. The fourth-order valence-corrected chi connectivity index (χ4v) is 5.05. The van der Waals surface area contributed by atoms with E-state index in [1.165, 1.54) is 5.69 Å². The molecule has 0 radical (unpaired) electrons. The smallest absolute Gasteiger partial charge is 0.407 e. The number of nitrogens with one attached hydrogen (secondary N) is 3. The van der Waals surface area contributed by atoms with Crippen molar-refractivity contribution in [2.24, 2.45) is 11.8 Å². The van der Waals surface area contributed by atoms with E-state index in [-0.39, 0.29) is 6.09 Å². The molecule has 0 atom stereocenters. The van der Waals surface area contributed by atoms with Gasteiger partial charge in [0.25, 0.3) is 0 Å². The highest BCUT2D eigenvalue weighted by atomic mass is 16.6. The molecule has 0 bridgehead atoms. The van der Waals surface area contributed by atoms with Crippen LogP contribution in [0.3, 0.4) is 0 Å². The molecule has 2 aromatic rings. The molecule has 2 heterocycles. The van der Waals surface area contributed by atoms with Gasteiger partial charge < -0.3 is 30.6 Å². The van der Waals surface area contributed by atoms with Gasteiger partial charge in [0, 0.05) is 67.9 Å². The summed E-state index contributed by atoms with van der Waals surface area (Å²) in [6.45, 7) is 10.4. The van der Waals surface area contributed by atoms with E-state index in [1.807, 2.05) is 33.2 Å². The first-order valence-corrected chi connectivity index (χ1v) is 13.9. The number of ether oxygens (including phenoxy) is 1. The van der Waals surface area contributed by atoms with Crippen LogP contribution in [0, 0.1) is 17.2 Å². The van der Waals surface area contributed by atoms with Crippen LogP contribution >= 0.6 is 0 Å². The summed E-state index contributed by atoms with van der Waals surface area (Å²) in [4.78, 5) is 26.3. The number of aromatic nitrogens is 2. The number of carbonyl (C=O) groups excluding carboxylic acids is 1. The van der Waals surface area contributed by atoms with E-state index in [4.69, 9.17) is 20.1 Å². The molecule has 3 N–H and O–H groups in total. The quantitative estimate of drug-likeness (QED) is 0.452. The van der Waals surface area contributed by atoms with Gasteiger partial charge in [-0.25, -0.2) is 9.78 Å². The molecule has 1 aromatic heterocycles. The van der Waals surface area contributed by atoms with E-state index >= 15 is 0 Å². The zero-order valence-electron chi connectivity index (χ0n) is 23.1. The minimum Gasteiger partial charge on any atom is -0.444 e. The first-order valence-electron chi connectivity index (χ1n) is 13.9. The van der Waals surface area contributed by atoms with Crippen molar-refractivity contribution in [3.8, 4) is 0 Å². The van der Waals surface area contributed by atoms with Crippen LogP contribution < -0.4 is 15.5 Å². The Morgan fingerprint density at radius 1 is 1.16 bits per heavy atom. The van der Waals surface area contributed by atoms with Crippen LogP contribution in [-0.2, 0) is 4.74 Å². The van der Waals surface area contributed by atoms with Gasteiger partial charge in [0.05, 0.1) is 22.9 Å². The van der Waals surface area contributed by atoms with Crippen LogP contribution in [0.25, 0.3) is 16.6 Å². The Labute approximate surface area is 225 Å². The van der Waals surface area contributed by atoms with Gasteiger partial charge in [-0.05, 0) is 77.6 Å². The minimum absolute atomic E-state index is 0.312. The second-order valence-electron chi connectivity index (χ2n) is 12.0. The van der Waals surface area contributed by atoms with Gasteiger partial charge in [-0.3, -0.25) is 4.98 Å². The van der Waals surface area contributed by atoms with E-state index in [1.54, 1.807) is 0 Å². The molecule has 3 fully saturated rings. The molecule has 38 heavy (non-hydrogen) atoms. The van der Waals surface area contributed by atoms with Crippen LogP contribution in [0.4, 0.5) is 10.5 Å². The molecular weight excluding hydrogens is 478 g/mol. The van der Waals surface area contributed by atoms with E-state index in [0.29, 0.717) is 30.1 Å². The molecule has 1 aliphatic heterocycles. The third-order valence-electron chi connectivity index (χ3n) is 7.58. The summed E-state index contributed by atoms with van der Waals surface area (Å²) in [7, 11) is 2.16. The number of hydrogen-bond donors (Lipinski definition) is 3. The van der Waals surface area contributed by atoms with E-state index in [2.05, 4.69) is 45.7 Å². The standard InChI is InChI=1S/C29H41N7O2/c1-29(2,3)38-28(37)33-16-19-13-21(14-19)31-17-23(27(30)20-5-6-20)26-18-32-25-15-22(7-8-24(25)34-26)36-11-9-35(4)10-12-36/h7-8,15,17-21,30-31H,5-6,9-14,16H2,1-4H3,(H,33,37)/b23-17-,30-27?. The fraction of sp³-hybridized carbons (Fsp3) is 0.586. The lowest BCUT2D eigenvalue weighted by atomic mass is 9.80. The molecule has 0 unspecified atom stereocenters. The van der Waals surface area contributed by atoms with Gasteiger partial charge >= 0.3 is 6.09 Å². The summed E-state index contributed by atoms with van der Waals surface area (Å²) in [5, 5.41) is 15.2. The van der Waals surface area contributed by atoms with Crippen LogP contribution in [0.15, 0.2) is 30.6 Å². The predicted molar refractivity (Wildman–Crippen MR) is 152 cm³/mol. The number of nitrogens with zero attached hydrogens (tertiary/aromatic N) is 4. The molecule has 1 amide bonds. The van der Waals surface area contributed by atoms with Gasteiger partial charge in [0.15, 0.2) is 0 Å². The third-order valence-corrected chi connectivity index (χ3v) is 7.58. The zero-order valence-corrected chi connectivity index (χ0v) is 23.1. The average molecular weight is 520 g/mol. The number of amides is 1. The number of piperazine rings is 1. The Morgan fingerprint density at radius 3 is 2.58 bits per heavy atom. The number of benzene rings is 1. The lowest BCUT2D eigenvalue weighted by Gasteiger charge is -2.36. The summed E-state index contributed by atoms with van der Waals surface area (Å²) in [5.41, 5.74) is 4.66. The SMILES string of the molecule is CN1CCN(c2ccc3nc(/C(=C/NC4CC(CNC(=O)OC(C)(C)C)C4)C(=N)C4CC4)cnc3c2)CC1. The van der Waals surface area contributed by atoms with E-state index in [9.17, 15) is 4.79 Å². The number of anilines is 1. The van der Waals surface area contributed by atoms with Crippen molar-refractivity contribution >= 4 is 34.1 Å². The maximum atomic E-state index is 11.9. The van der Waals surface area contributed by atoms with E-state index in [0.717, 1.165) is 74.2 Å². The van der Waals surface area contributed by atoms with Gasteiger partial charge in [-0.2, -0.15) is 0 Å². The van der Waals surface area contributed by atoms with Gasteiger partial charge in [0.2, 0.25) is 0 Å². The first kappa shape index (κ1) is 26.4. The van der Waals surface area contributed by atoms with E-state index < -0.39 is 5.60 Å². The van der Waals surface area contributed by atoms with Crippen molar-refractivity contribution in [1.29, 1.82) is 5.41 Å². The number of carbonyl (C=O) groups is 1. The highest BCUT2D eigenvalue weighted by molar-refractivity contribution is 6.23. The highest BCUT2D eigenvalue weighted by Crippen LogP contribution is 2.35. The second-order valence-corrected chi connectivity index (χ2v) is 12.0. The van der Waals surface area contributed by atoms with Crippen LogP contribution in [0.5, 0.6) is 0 Å². The lowest BCUT2D eigenvalue weighted by molar-refractivity contribution is 0.0505. The molecule has 0 spiro atoms. The monoisotopic (exact) mass is 519 g/mol. The molecule has 9 nitrogen and oxygen atoms in total. The van der Waals surface area contributed by atoms with Crippen molar-refractivity contribution in [2.75, 3.05) is 44.7 Å². The van der Waals surface area contributed by atoms with Gasteiger partial charge in [-0.15, -0.1) is 0 Å². The number of allylic oxidation sites excluding steroid dienone is 1. The summed E-state index contributed by atoms with van der Waals surface area (Å²) in [6, 6.07) is 6.65. The van der Waals surface area contributed by atoms with Crippen LogP contribution in [-0.4, -0.2) is 78.1 Å². The second kappa shape index (κ2) is 10.9. The van der Waals surface area contributed by atoms with Crippen LogP contribution in [0.1, 0.15) is 52.1 Å². The molecule has 204 valence electrons. The number of likely N-dealkylation sites (N-methyl/N-ethyl adjacent to an activating group) is 1. The Bertz CT molecular complexity index is 1200. The normalized spacial score (nSPS) is 22.6. The topological polar surface area (TPSA) is 106 Å². The highest BCUT2D eigenvalue weighted by Gasteiger charge is 2.32. The molecule has 3 aliphatic rings. The molecule has 1 saturated heterocycles. The van der Waals surface area contributed by atoms with Crippen molar-refractivity contribution in [1.82, 2.24) is 25.5 Å². The van der Waals surface area contributed by atoms with Gasteiger partial charge in [0.1, 0.15) is 5.60 Å². The molecule has 2 saturated carbocycles. The molecule has 2 aliphatic carbocycles. The van der Waals surface area contributed by atoms with Crippen molar-refractivity contribution < 1.29 is 9.53 Å². The van der Waals surface area contributed by atoms with Crippen LogP contribution in [0.2, 0.25) is 0 Å². The Balaban J connectivity index is 1.22. The Hall–Kier alpha value is -3.20. The first-order chi connectivity index (χ1) is 18.1. The Kier molecular flexibility index (Phi) is 7.56. The predicted octanol–water partition coefficient (Wildman–Crippen LogP) is 4.05. The molecular formula is C29H41N7O2. The van der Waals surface area contributed by atoms with Crippen molar-refractivity contribution in [3.63, 3.8) is 0 Å². The maximum Gasteiger partial charge on any atom is 0.407 e. The third kappa shape index (κ3) is 6.62. The lowest BCUT2D eigenvalue weighted by Crippen LogP contribution is -2.45. The fourth-order valence-electron chi connectivity index (χ4n) is 5.05. The molecule has 1 aromatic carbocycles. The van der Waals surface area contributed by atoms with Gasteiger partial charge in [-0.1, -0.05) is 0 Å². The van der Waals surface area contributed by atoms with Crippen molar-refractivity contribution in [3.05, 3.63) is 36.3 Å². The summed E-state index contributed by atoms with van der Waals surface area (Å²) in [6.07, 6.45) is 7.48. The Morgan fingerprint density at radius 2 is 1.89 bits per heavy atom. The van der Waals surface area contributed by atoms with Crippen molar-refractivity contribution in [2.45, 2.75) is 58.1 Å². The number of fused-ring (bicyclic) bond motifs is 1.